The Morgan fingerprint density at radius 2 is 1.92 bits per heavy atom. The first-order chi connectivity index (χ1) is 5.74. The van der Waals surface area contributed by atoms with Crippen molar-refractivity contribution in [3.63, 3.8) is 0 Å². The largest absolute Gasteiger partial charge is 0.383 e. The van der Waals surface area contributed by atoms with Crippen LogP contribution < -0.4 is 5.32 Å². The summed E-state index contributed by atoms with van der Waals surface area (Å²) < 4.78 is 0. The van der Waals surface area contributed by atoms with Gasteiger partial charge in [0.25, 0.3) is 0 Å². The summed E-state index contributed by atoms with van der Waals surface area (Å²) in [5.74, 6) is 1.30. The van der Waals surface area contributed by atoms with Gasteiger partial charge >= 0.3 is 0 Å². The van der Waals surface area contributed by atoms with E-state index in [9.17, 15) is 0 Å². The van der Waals surface area contributed by atoms with Crippen molar-refractivity contribution in [3.8, 4) is 0 Å². The van der Waals surface area contributed by atoms with Crippen molar-refractivity contribution >= 4 is 5.69 Å². The highest BCUT2D eigenvalue weighted by Gasteiger charge is 2.00. The zero-order chi connectivity index (χ0) is 8.97. The topological polar surface area (TPSA) is 37.8 Å². The number of nitrogens with zero attached hydrogens (tertiary/aromatic N) is 2. The molecule has 1 aromatic rings. The molecular formula is C9H15N3. The highest BCUT2D eigenvalue weighted by Crippen LogP contribution is 2.09. The molecule has 0 spiro atoms. The molecule has 0 unspecified atom stereocenters. The lowest BCUT2D eigenvalue weighted by Gasteiger charge is -2.04. The van der Waals surface area contributed by atoms with Crippen molar-refractivity contribution < 1.29 is 0 Å². The average Bonchev–Trinajstić information content (AvgIpc) is 2.06. The summed E-state index contributed by atoms with van der Waals surface area (Å²) in [6.45, 7) is 7.13. The van der Waals surface area contributed by atoms with Gasteiger partial charge in [0.15, 0.2) is 0 Å². The second kappa shape index (κ2) is 4.04. The van der Waals surface area contributed by atoms with E-state index in [0.717, 1.165) is 18.1 Å². The molecule has 0 radical (unpaired) electrons. The summed E-state index contributed by atoms with van der Waals surface area (Å²) in [5.41, 5.74) is 0.988. The summed E-state index contributed by atoms with van der Waals surface area (Å²) in [6.07, 6.45) is 3.65. The second-order valence-corrected chi connectivity index (χ2v) is 3.01. The first-order valence-electron chi connectivity index (χ1n) is 4.29. The molecule has 0 aliphatic rings. The number of nitrogens with one attached hydrogen (secondary N) is 1. The molecule has 66 valence electrons. The summed E-state index contributed by atoms with van der Waals surface area (Å²) in [7, 11) is 0. The zero-order valence-electron chi connectivity index (χ0n) is 7.83. The van der Waals surface area contributed by atoms with Crippen LogP contribution in [0.3, 0.4) is 0 Å². The Balaban J connectivity index is 2.71. The Bertz CT molecular complexity index is 228. The molecule has 0 amide bonds. The maximum absolute atomic E-state index is 4.22. The maximum atomic E-state index is 4.22. The van der Waals surface area contributed by atoms with E-state index in [2.05, 4.69) is 36.1 Å². The number of aromatic nitrogens is 2. The Morgan fingerprint density at radius 3 is 2.33 bits per heavy atom. The lowest BCUT2D eigenvalue weighted by atomic mass is 10.2. The lowest BCUT2D eigenvalue weighted by Crippen LogP contribution is -2.01. The molecule has 1 heterocycles. The minimum Gasteiger partial charge on any atom is -0.383 e. The van der Waals surface area contributed by atoms with Crippen LogP contribution in [0.4, 0.5) is 5.69 Å². The van der Waals surface area contributed by atoms with Crippen LogP contribution in [0.15, 0.2) is 12.4 Å². The molecule has 1 aromatic heterocycles. The molecule has 0 aliphatic carbocycles. The molecule has 0 aliphatic heterocycles. The number of anilines is 1. The predicted molar refractivity (Wildman–Crippen MR) is 50.3 cm³/mol. The van der Waals surface area contributed by atoms with Crippen molar-refractivity contribution in [2.24, 2.45) is 0 Å². The van der Waals surface area contributed by atoms with E-state index in [1.165, 1.54) is 0 Å². The van der Waals surface area contributed by atoms with Gasteiger partial charge in [-0.2, -0.15) is 0 Å². The van der Waals surface area contributed by atoms with Gasteiger partial charge in [0, 0.05) is 12.5 Å². The van der Waals surface area contributed by atoms with Crippen LogP contribution >= 0.6 is 0 Å². The van der Waals surface area contributed by atoms with Gasteiger partial charge in [0.05, 0.1) is 18.1 Å². The van der Waals surface area contributed by atoms with Crippen molar-refractivity contribution in [2.75, 3.05) is 11.9 Å². The predicted octanol–water partition coefficient (Wildman–Crippen LogP) is 2.03. The molecule has 0 fully saturated rings. The molecule has 0 saturated heterocycles. The number of hydrogen-bond acceptors (Lipinski definition) is 3. The average molecular weight is 165 g/mol. The Morgan fingerprint density at radius 1 is 1.33 bits per heavy atom. The minimum absolute atomic E-state index is 0.403. The van der Waals surface area contributed by atoms with E-state index < -0.39 is 0 Å². The van der Waals surface area contributed by atoms with Gasteiger partial charge in [-0.1, -0.05) is 13.8 Å². The molecule has 1 rings (SSSR count). The summed E-state index contributed by atoms with van der Waals surface area (Å²) in [6, 6.07) is 0. The SMILES string of the molecule is CCNc1cnc(C(C)C)nc1. The first-order valence-corrected chi connectivity index (χ1v) is 4.29. The third kappa shape index (κ3) is 2.19. The van der Waals surface area contributed by atoms with Crippen LogP contribution in [0, 0.1) is 0 Å². The molecule has 0 bridgehead atoms. The van der Waals surface area contributed by atoms with Crippen LogP contribution in [-0.4, -0.2) is 16.5 Å². The van der Waals surface area contributed by atoms with E-state index in [-0.39, 0.29) is 0 Å². The zero-order valence-corrected chi connectivity index (χ0v) is 7.83. The Kier molecular flexibility index (Phi) is 3.02. The summed E-state index contributed by atoms with van der Waals surface area (Å²) >= 11 is 0. The molecule has 0 atom stereocenters. The van der Waals surface area contributed by atoms with Gasteiger partial charge in [0.2, 0.25) is 0 Å². The molecular weight excluding hydrogens is 150 g/mol. The van der Waals surface area contributed by atoms with Crippen molar-refractivity contribution in [2.45, 2.75) is 26.7 Å². The third-order valence-electron chi connectivity index (χ3n) is 1.57. The fourth-order valence-electron chi connectivity index (χ4n) is 0.932. The highest BCUT2D eigenvalue weighted by molar-refractivity contribution is 5.37. The molecule has 0 saturated carbocycles. The third-order valence-corrected chi connectivity index (χ3v) is 1.57. The van der Waals surface area contributed by atoms with Gasteiger partial charge < -0.3 is 5.32 Å². The lowest BCUT2D eigenvalue weighted by molar-refractivity contribution is 0.774. The fraction of sp³-hybridized carbons (Fsp3) is 0.556. The maximum Gasteiger partial charge on any atom is 0.130 e. The molecule has 3 heteroatoms. The van der Waals surface area contributed by atoms with E-state index in [1.54, 1.807) is 0 Å². The normalized spacial score (nSPS) is 10.3. The first kappa shape index (κ1) is 8.97. The monoisotopic (exact) mass is 165 g/mol. The van der Waals surface area contributed by atoms with Gasteiger partial charge in [-0.15, -0.1) is 0 Å². The van der Waals surface area contributed by atoms with Gasteiger partial charge in [-0.05, 0) is 6.92 Å². The quantitative estimate of drug-likeness (QED) is 0.744. The standard InChI is InChI=1S/C9H15N3/c1-4-10-8-5-11-9(7(2)3)12-6-8/h5-7,10H,4H2,1-3H3. The van der Waals surface area contributed by atoms with E-state index in [4.69, 9.17) is 0 Å². The Hall–Kier alpha value is -1.12. The molecule has 1 N–H and O–H groups in total. The van der Waals surface area contributed by atoms with E-state index in [0.29, 0.717) is 5.92 Å². The second-order valence-electron chi connectivity index (χ2n) is 3.01. The number of hydrogen-bond donors (Lipinski definition) is 1. The van der Waals surface area contributed by atoms with Crippen LogP contribution in [-0.2, 0) is 0 Å². The summed E-state index contributed by atoms with van der Waals surface area (Å²) in [5, 5.41) is 3.15. The highest BCUT2D eigenvalue weighted by atomic mass is 14.9. The fourth-order valence-corrected chi connectivity index (χ4v) is 0.932. The summed E-state index contributed by atoms with van der Waals surface area (Å²) in [4.78, 5) is 8.45. The molecule has 3 nitrogen and oxygen atoms in total. The van der Waals surface area contributed by atoms with Crippen molar-refractivity contribution in [3.05, 3.63) is 18.2 Å². The van der Waals surface area contributed by atoms with Crippen LogP contribution in [0.5, 0.6) is 0 Å². The van der Waals surface area contributed by atoms with Crippen molar-refractivity contribution in [1.82, 2.24) is 9.97 Å². The van der Waals surface area contributed by atoms with Gasteiger partial charge in [-0.25, -0.2) is 9.97 Å². The number of rotatable bonds is 3. The van der Waals surface area contributed by atoms with Crippen LogP contribution in [0.25, 0.3) is 0 Å². The van der Waals surface area contributed by atoms with E-state index >= 15 is 0 Å². The minimum atomic E-state index is 0.403. The van der Waals surface area contributed by atoms with Crippen LogP contribution in [0.1, 0.15) is 32.5 Å². The van der Waals surface area contributed by atoms with Gasteiger partial charge in [0.1, 0.15) is 5.82 Å². The smallest absolute Gasteiger partial charge is 0.130 e. The molecule has 12 heavy (non-hydrogen) atoms. The van der Waals surface area contributed by atoms with E-state index in [1.807, 2.05) is 12.4 Å². The van der Waals surface area contributed by atoms with Crippen LogP contribution in [0.2, 0.25) is 0 Å². The molecule has 0 aromatic carbocycles. The van der Waals surface area contributed by atoms with Gasteiger partial charge in [-0.3, -0.25) is 0 Å². The van der Waals surface area contributed by atoms with Crippen molar-refractivity contribution in [1.29, 1.82) is 0 Å². The Labute approximate surface area is 73.2 Å².